The number of carboxylic acid groups (broad SMARTS) is 1. The van der Waals surface area contributed by atoms with E-state index in [4.69, 9.17) is 14.6 Å². The molecular weight excluding hydrogens is 572 g/mol. The smallest absolute Gasteiger partial charge is 0.490 e. The first-order valence-corrected chi connectivity index (χ1v) is 12.3. The molecule has 5 rings (SSSR count). The lowest BCUT2D eigenvalue weighted by molar-refractivity contribution is -0.192. The van der Waals surface area contributed by atoms with Crippen LogP contribution in [0.3, 0.4) is 0 Å². The number of ether oxygens (including phenoxy) is 1. The fraction of sp³-hybridized carbons (Fsp3) is 0.259. The molecule has 0 radical (unpaired) electrons. The van der Waals surface area contributed by atoms with Gasteiger partial charge in [0.1, 0.15) is 22.9 Å². The fourth-order valence-corrected chi connectivity index (χ4v) is 3.95. The highest BCUT2D eigenvalue weighted by Crippen LogP contribution is 2.32. The zero-order valence-corrected chi connectivity index (χ0v) is 21.8. The predicted molar refractivity (Wildman–Crippen MR) is 140 cm³/mol. The lowest BCUT2D eigenvalue weighted by Gasteiger charge is -2.31. The minimum Gasteiger partial charge on any atom is -0.497 e. The predicted octanol–water partition coefficient (Wildman–Crippen LogP) is 5.60. The number of fused-ring (bicyclic) bond motifs is 1. The summed E-state index contributed by atoms with van der Waals surface area (Å²) in [5.41, 5.74) is 0.924. The molecule has 1 aromatic carbocycles. The summed E-state index contributed by atoms with van der Waals surface area (Å²) in [6.45, 7) is 2.15. The van der Waals surface area contributed by atoms with Gasteiger partial charge in [-0.2, -0.15) is 26.3 Å². The van der Waals surface area contributed by atoms with Crippen LogP contribution in [-0.2, 0) is 17.5 Å². The van der Waals surface area contributed by atoms with Crippen molar-refractivity contribution in [2.75, 3.05) is 30.4 Å². The van der Waals surface area contributed by atoms with Gasteiger partial charge in [-0.3, -0.25) is 4.79 Å². The summed E-state index contributed by atoms with van der Waals surface area (Å²) < 4.78 is 78.3. The second-order valence-electron chi connectivity index (χ2n) is 9.10. The molecule has 0 unspecified atom stereocenters. The molecule has 1 saturated heterocycles. The zero-order valence-electron chi connectivity index (χ0n) is 21.8. The summed E-state index contributed by atoms with van der Waals surface area (Å²) in [4.78, 5) is 32.7. The summed E-state index contributed by atoms with van der Waals surface area (Å²) in [7, 11) is 1.56. The van der Waals surface area contributed by atoms with Crippen LogP contribution in [0.4, 0.5) is 37.8 Å². The highest BCUT2D eigenvalue weighted by Gasteiger charge is 2.38. The first kappa shape index (κ1) is 30.1. The van der Waals surface area contributed by atoms with E-state index in [-0.39, 0.29) is 23.3 Å². The molecule has 4 aromatic rings. The SMILES string of the molecule is COc1ccc(Cn2c(C(=O)Nc3ccc(N4CCC4)nc3)cc3cc(C(F)(F)F)cnc32)cc1.O=C(O)C(F)(F)F. The number of rotatable bonds is 6. The zero-order chi connectivity index (χ0) is 30.7. The van der Waals surface area contributed by atoms with Gasteiger partial charge in [-0.25, -0.2) is 14.8 Å². The van der Waals surface area contributed by atoms with Gasteiger partial charge in [0.2, 0.25) is 0 Å². The number of anilines is 2. The number of nitrogens with one attached hydrogen (secondary N) is 1. The van der Waals surface area contributed by atoms with E-state index in [1.54, 1.807) is 36.1 Å². The number of halogens is 6. The van der Waals surface area contributed by atoms with E-state index in [0.29, 0.717) is 11.4 Å². The Morgan fingerprint density at radius 2 is 1.64 bits per heavy atom. The van der Waals surface area contributed by atoms with E-state index in [2.05, 4.69) is 20.2 Å². The molecule has 42 heavy (non-hydrogen) atoms. The summed E-state index contributed by atoms with van der Waals surface area (Å²) in [6, 6.07) is 13.2. The molecule has 1 amide bonds. The van der Waals surface area contributed by atoms with Gasteiger partial charge in [-0.1, -0.05) is 12.1 Å². The largest absolute Gasteiger partial charge is 0.497 e. The monoisotopic (exact) mass is 595 g/mol. The Balaban J connectivity index is 0.000000517. The van der Waals surface area contributed by atoms with Gasteiger partial charge in [0.15, 0.2) is 0 Å². The lowest BCUT2D eigenvalue weighted by atomic mass is 10.2. The molecule has 0 aliphatic carbocycles. The molecule has 0 bridgehead atoms. The van der Waals surface area contributed by atoms with Crippen molar-refractivity contribution in [3.8, 4) is 5.75 Å². The highest BCUT2D eigenvalue weighted by molar-refractivity contribution is 6.06. The number of carboxylic acids is 1. The van der Waals surface area contributed by atoms with Crippen molar-refractivity contribution in [2.24, 2.45) is 0 Å². The van der Waals surface area contributed by atoms with Crippen LogP contribution in [0.2, 0.25) is 0 Å². The summed E-state index contributed by atoms with van der Waals surface area (Å²) >= 11 is 0. The molecule has 0 spiro atoms. The van der Waals surface area contributed by atoms with Gasteiger partial charge in [-0.05, 0) is 48.4 Å². The van der Waals surface area contributed by atoms with Crippen molar-refractivity contribution < 1.29 is 45.8 Å². The van der Waals surface area contributed by atoms with Gasteiger partial charge in [-0.15, -0.1) is 0 Å². The Hall–Kier alpha value is -4.82. The number of benzene rings is 1. The van der Waals surface area contributed by atoms with Crippen molar-refractivity contribution in [1.29, 1.82) is 0 Å². The minimum atomic E-state index is -5.08. The topological polar surface area (TPSA) is 110 Å². The van der Waals surface area contributed by atoms with Crippen LogP contribution in [0.15, 0.2) is 60.9 Å². The highest BCUT2D eigenvalue weighted by atomic mass is 19.4. The first-order chi connectivity index (χ1) is 19.8. The van der Waals surface area contributed by atoms with Crippen molar-refractivity contribution >= 4 is 34.4 Å². The third kappa shape index (κ3) is 7.08. The molecule has 4 heterocycles. The Morgan fingerprint density at radius 3 is 2.14 bits per heavy atom. The van der Waals surface area contributed by atoms with Gasteiger partial charge in [0, 0.05) is 31.2 Å². The van der Waals surface area contributed by atoms with E-state index in [1.165, 1.54) is 6.07 Å². The summed E-state index contributed by atoms with van der Waals surface area (Å²) in [5, 5.41) is 10.2. The Labute approximate surface area is 234 Å². The second kappa shape index (κ2) is 12.0. The first-order valence-electron chi connectivity index (χ1n) is 12.3. The molecular formula is C27H23F6N5O4. The fourth-order valence-electron chi connectivity index (χ4n) is 3.95. The second-order valence-corrected chi connectivity index (χ2v) is 9.10. The number of aliphatic carboxylic acids is 1. The number of amides is 1. The molecule has 222 valence electrons. The number of methoxy groups -OCH3 is 1. The van der Waals surface area contributed by atoms with Crippen LogP contribution in [0.5, 0.6) is 5.75 Å². The van der Waals surface area contributed by atoms with Crippen LogP contribution < -0.4 is 15.0 Å². The number of alkyl halides is 6. The van der Waals surface area contributed by atoms with E-state index in [1.807, 2.05) is 18.2 Å². The van der Waals surface area contributed by atoms with Crippen molar-refractivity contribution in [2.45, 2.75) is 25.3 Å². The molecule has 15 heteroatoms. The van der Waals surface area contributed by atoms with E-state index in [0.717, 1.165) is 43.2 Å². The van der Waals surface area contributed by atoms with Gasteiger partial charge < -0.3 is 24.6 Å². The molecule has 0 atom stereocenters. The number of pyridine rings is 2. The lowest BCUT2D eigenvalue weighted by Crippen LogP contribution is -2.37. The summed E-state index contributed by atoms with van der Waals surface area (Å²) in [5.74, 6) is -1.71. The maximum Gasteiger partial charge on any atom is 0.490 e. The van der Waals surface area contributed by atoms with Crippen LogP contribution in [0.1, 0.15) is 28.0 Å². The molecule has 1 fully saturated rings. The van der Waals surface area contributed by atoms with Crippen molar-refractivity contribution in [3.63, 3.8) is 0 Å². The molecule has 1 aliphatic rings. The maximum absolute atomic E-state index is 13.3. The van der Waals surface area contributed by atoms with Gasteiger partial charge in [0.05, 0.1) is 24.6 Å². The number of hydrogen-bond acceptors (Lipinski definition) is 6. The number of carbonyl (C=O) groups is 2. The Kier molecular flexibility index (Phi) is 8.59. The maximum atomic E-state index is 13.3. The third-order valence-electron chi connectivity index (χ3n) is 6.22. The molecule has 9 nitrogen and oxygen atoms in total. The van der Waals surface area contributed by atoms with Crippen molar-refractivity contribution in [1.82, 2.24) is 14.5 Å². The molecule has 1 aliphatic heterocycles. The van der Waals surface area contributed by atoms with Crippen LogP contribution in [0, 0.1) is 0 Å². The quantitative estimate of drug-likeness (QED) is 0.279. The number of carbonyl (C=O) groups excluding carboxylic acids is 1. The van der Waals surface area contributed by atoms with Gasteiger partial charge >= 0.3 is 18.3 Å². The normalized spacial score (nSPS) is 13.2. The number of aromatic nitrogens is 3. The van der Waals surface area contributed by atoms with E-state index >= 15 is 0 Å². The minimum absolute atomic E-state index is 0.189. The Bertz CT molecular complexity index is 1560. The average Bonchev–Trinajstić information content (AvgIpc) is 3.26. The van der Waals surface area contributed by atoms with Crippen molar-refractivity contribution in [3.05, 3.63) is 77.7 Å². The molecule has 3 aromatic heterocycles. The van der Waals surface area contributed by atoms with Crippen LogP contribution >= 0.6 is 0 Å². The molecule has 0 saturated carbocycles. The average molecular weight is 596 g/mol. The van der Waals surface area contributed by atoms with Crippen LogP contribution in [-0.4, -0.2) is 57.9 Å². The molecule has 2 N–H and O–H groups in total. The van der Waals surface area contributed by atoms with E-state index < -0.39 is 29.8 Å². The number of hydrogen-bond donors (Lipinski definition) is 2. The van der Waals surface area contributed by atoms with E-state index in [9.17, 15) is 31.1 Å². The van der Waals surface area contributed by atoms with Gasteiger partial charge in [0.25, 0.3) is 5.91 Å². The number of nitrogens with zero attached hydrogens (tertiary/aromatic N) is 4. The Morgan fingerprint density at radius 1 is 0.976 bits per heavy atom. The third-order valence-corrected chi connectivity index (χ3v) is 6.22. The summed E-state index contributed by atoms with van der Waals surface area (Å²) in [6.07, 6.45) is -6.14. The standard InChI is InChI=1S/C25H22F3N5O2.C2HF3O2/c1-35-20-6-3-16(4-7-20)15-33-21(12-17-11-18(25(26,27)28)13-30-23(17)33)24(34)31-19-5-8-22(29-14-19)32-9-2-10-32;3-2(4,5)1(6)7/h3-8,11-14H,2,9-10,15H2,1H3,(H,31,34);(H,6,7). The van der Waals surface area contributed by atoms with Crippen LogP contribution in [0.25, 0.3) is 11.0 Å².